The molecule has 0 fully saturated rings. The van der Waals surface area contributed by atoms with Gasteiger partial charge in [-0.05, 0) is 67.6 Å². The van der Waals surface area contributed by atoms with Crippen molar-refractivity contribution in [2.45, 2.75) is 12.3 Å². The number of furan rings is 1. The molecule has 0 bridgehead atoms. The van der Waals surface area contributed by atoms with Gasteiger partial charge in [-0.15, -0.1) is 0 Å². The minimum atomic E-state index is -0.361. The smallest absolute Gasteiger partial charge is 0.135 e. The summed E-state index contributed by atoms with van der Waals surface area (Å²) in [5, 5.41) is 14.8. The van der Waals surface area contributed by atoms with Gasteiger partial charge >= 0.3 is 0 Å². The molecule has 1 aliphatic heterocycles. The Morgan fingerprint density at radius 2 is 1.12 bits per heavy atom. The van der Waals surface area contributed by atoms with Gasteiger partial charge in [0.05, 0.1) is 0 Å². The third kappa shape index (κ3) is 5.16. The molecule has 9 aromatic rings. The lowest BCUT2D eigenvalue weighted by Crippen LogP contribution is -2.45. The average molecular weight is 656 g/mol. The minimum absolute atomic E-state index is 0.172. The third-order valence-corrected chi connectivity index (χ3v) is 10.2. The lowest BCUT2D eigenvalue weighted by atomic mass is 9.92. The molecule has 2 N–H and O–H groups in total. The van der Waals surface area contributed by atoms with Crippen LogP contribution in [0.3, 0.4) is 0 Å². The fourth-order valence-corrected chi connectivity index (χ4v) is 7.67. The molecule has 2 atom stereocenters. The van der Waals surface area contributed by atoms with Crippen molar-refractivity contribution in [1.29, 1.82) is 0 Å². The fraction of sp³-hybridized carbons (Fsp3) is 0.0426. The Morgan fingerprint density at radius 1 is 0.471 bits per heavy atom. The molecular weight excluding hydrogens is 623 g/mol. The summed E-state index contributed by atoms with van der Waals surface area (Å²) < 4.78 is 6.41. The predicted octanol–water partition coefficient (Wildman–Crippen LogP) is 11.6. The zero-order valence-electron chi connectivity index (χ0n) is 27.8. The topological polar surface area (TPSA) is 49.6 Å². The quantitative estimate of drug-likeness (QED) is 0.181. The first-order valence-electron chi connectivity index (χ1n) is 17.4. The molecule has 242 valence electrons. The minimum Gasteiger partial charge on any atom is -0.456 e. The molecule has 1 aliphatic rings. The fourth-order valence-electron chi connectivity index (χ4n) is 7.67. The first-order chi connectivity index (χ1) is 25.3. The second-order valence-corrected chi connectivity index (χ2v) is 13.2. The van der Waals surface area contributed by atoms with E-state index in [2.05, 4.69) is 174 Å². The van der Waals surface area contributed by atoms with Gasteiger partial charge in [-0.25, -0.2) is 4.99 Å². The van der Waals surface area contributed by atoms with E-state index in [0.29, 0.717) is 0 Å². The van der Waals surface area contributed by atoms with E-state index < -0.39 is 0 Å². The van der Waals surface area contributed by atoms with Crippen molar-refractivity contribution in [2.75, 3.05) is 0 Å². The molecule has 2 unspecified atom stereocenters. The number of hydrogen-bond donors (Lipinski definition) is 2. The predicted molar refractivity (Wildman–Crippen MR) is 211 cm³/mol. The zero-order valence-corrected chi connectivity index (χ0v) is 27.8. The summed E-state index contributed by atoms with van der Waals surface area (Å²) in [6.45, 7) is 0. The van der Waals surface area contributed by atoms with E-state index in [4.69, 9.17) is 9.41 Å². The van der Waals surface area contributed by atoms with Crippen molar-refractivity contribution in [3.8, 4) is 22.3 Å². The van der Waals surface area contributed by atoms with Gasteiger partial charge in [-0.2, -0.15) is 0 Å². The normalized spacial score (nSPS) is 16.0. The van der Waals surface area contributed by atoms with E-state index in [1.54, 1.807) is 0 Å². The highest BCUT2D eigenvalue weighted by Gasteiger charge is 2.30. The maximum Gasteiger partial charge on any atom is 0.135 e. The van der Waals surface area contributed by atoms with Gasteiger partial charge in [0.25, 0.3) is 0 Å². The number of nitrogens with one attached hydrogen (secondary N) is 2. The highest BCUT2D eigenvalue weighted by molar-refractivity contribution is 6.10. The van der Waals surface area contributed by atoms with Crippen LogP contribution in [0.25, 0.3) is 65.7 Å². The van der Waals surface area contributed by atoms with Gasteiger partial charge in [-0.1, -0.05) is 158 Å². The van der Waals surface area contributed by atoms with Gasteiger partial charge in [0.2, 0.25) is 0 Å². The van der Waals surface area contributed by atoms with Crippen molar-refractivity contribution in [3.05, 3.63) is 193 Å². The van der Waals surface area contributed by atoms with Gasteiger partial charge in [-0.3, -0.25) is 5.32 Å². The van der Waals surface area contributed by atoms with Gasteiger partial charge in [0.15, 0.2) is 0 Å². The summed E-state index contributed by atoms with van der Waals surface area (Å²) in [4.78, 5) is 5.45. The van der Waals surface area contributed by atoms with Crippen molar-refractivity contribution in [2.24, 2.45) is 4.99 Å². The summed E-state index contributed by atoms with van der Waals surface area (Å²) >= 11 is 0. The van der Waals surface area contributed by atoms with Crippen molar-refractivity contribution in [1.82, 2.24) is 10.6 Å². The Bertz CT molecular complexity index is 2750. The van der Waals surface area contributed by atoms with Crippen LogP contribution in [0.4, 0.5) is 0 Å². The average Bonchev–Trinajstić information content (AvgIpc) is 3.60. The highest BCUT2D eigenvalue weighted by Crippen LogP contribution is 2.42. The SMILES string of the molecule is c1ccc(-c2ccc3oc4ccccc4c3c2C2N=C(c3ccc(-c4ccc5ccc6ccccc6c5c4)cc3)NC(c3ccccc3)N2)cc1. The number of amidine groups is 1. The van der Waals surface area contributed by atoms with Crippen LogP contribution < -0.4 is 10.6 Å². The molecule has 0 saturated carbocycles. The maximum atomic E-state index is 6.41. The van der Waals surface area contributed by atoms with Crippen LogP contribution in [0.2, 0.25) is 0 Å². The largest absolute Gasteiger partial charge is 0.456 e. The Labute approximate surface area is 295 Å². The Kier molecular flexibility index (Phi) is 7.00. The van der Waals surface area contributed by atoms with E-state index in [1.807, 2.05) is 12.1 Å². The van der Waals surface area contributed by atoms with Gasteiger partial charge in [0.1, 0.15) is 29.3 Å². The summed E-state index contributed by atoms with van der Waals surface area (Å²) in [5.74, 6) is 0.840. The summed E-state index contributed by atoms with van der Waals surface area (Å²) in [6.07, 6.45) is -0.533. The Morgan fingerprint density at radius 3 is 1.94 bits per heavy atom. The molecule has 51 heavy (non-hydrogen) atoms. The third-order valence-electron chi connectivity index (χ3n) is 10.2. The maximum absolute atomic E-state index is 6.41. The van der Waals surface area contributed by atoms with Crippen LogP contribution in [0, 0.1) is 0 Å². The molecule has 1 aromatic heterocycles. The monoisotopic (exact) mass is 655 g/mol. The van der Waals surface area contributed by atoms with E-state index in [-0.39, 0.29) is 12.3 Å². The molecule has 0 spiro atoms. The lowest BCUT2D eigenvalue weighted by Gasteiger charge is -2.33. The number of hydrogen-bond acceptors (Lipinski definition) is 4. The van der Waals surface area contributed by atoms with E-state index in [0.717, 1.165) is 55.6 Å². The van der Waals surface area contributed by atoms with E-state index in [1.165, 1.54) is 32.7 Å². The van der Waals surface area contributed by atoms with Crippen LogP contribution in [-0.2, 0) is 0 Å². The molecule has 8 aromatic carbocycles. The number of benzene rings is 8. The number of nitrogens with zero attached hydrogens (tertiary/aromatic N) is 1. The van der Waals surface area contributed by atoms with E-state index >= 15 is 0 Å². The molecule has 0 amide bonds. The van der Waals surface area contributed by atoms with Crippen LogP contribution >= 0.6 is 0 Å². The van der Waals surface area contributed by atoms with Crippen molar-refractivity contribution < 1.29 is 4.42 Å². The molecule has 0 radical (unpaired) electrons. The van der Waals surface area contributed by atoms with Gasteiger partial charge in [0, 0.05) is 21.9 Å². The second kappa shape index (κ2) is 12.1. The molecule has 2 heterocycles. The van der Waals surface area contributed by atoms with Crippen LogP contribution in [0.1, 0.15) is 29.0 Å². The highest BCUT2D eigenvalue weighted by atomic mass is 16.3. The summed E-state index contributed by atoms with van der Waals surface area (Å²) in [5.41, 5.74) is 9.62. The number of para-hydroxylation sites is 1. The Balaban J connectivity index is 1.11. The molecule has 10 rings (SSSR count). The summed E-state index contributed by atoms with van der Waals surface area (Å²) in [6, 6.07) is 62.2. The van der Waals surface area contributed by atoms with Crippen molar-refractivity contribution >= 4 is 49.3 Å². The standard InChI is InChI=1S/C47H33N3O/c1-3-11-31(12-4-1)38-27-28-42-43(39-17-9-10-18-41(39)51-42)44(38)47-49-45(34-14-5-2-6-15-34)48-46(50-47)35-24-19-30(20-25-35)36-26-23-33-22-21-32-13-7-8-16-37(32)40(33)29-36/h1-29,45,47,49H,(H,48,50). The van der Waals surface area contributed by atoms with Crippen LogP contribution in [-0.4, -0.2) is 5.84 Å². The van der Waals surface area contributed by atoms with E-state index in [9.17, 15) is 0 Å². The Hall–Kier alpha value is -6.49. The second-order valence-electron chi connectivity index (χ2n) is 13.2. The molecule has 0 saturated heterocycles. The zero-order chi connectivity index (χ0) is 33.7. The molecular formula is C47H33N3O. The number of rotatable bonds is 5. The number of fused-ring (bicyclic) bond motifs is 6. The first-order valence-corrected chi connectivity index (χ1v) is 17.4. The molecule has 0 aliphatic carbocycles. The van der Waals surface area contributed by atoms with Crippen LogP contribution in [0.15, 0.2) is 185 Å². The first kappa shape index (κ1) is 29.4. The lowest BCUT2D eigenvalue weighted by molar-refractivity contribution is 0.411. The van der Waals surface area contributed by atoms with Crippen LogP contribution in [0.5, 0.6) is 0 Å². The molecule has 4 heteroatoms. The molecule has 4 nitrogen and oxygen atoms in total. The number of aliphatic imine (C=N–C) groups is 1. The van der Waals surface area contributed by atoms with Crippen molar-refractivity contribution in [3.63, 3.8) is 0 Å². The summed E-state index contributed by atoms with van der Waals surface area (Å²) in [7, 11) is 0. The van der Waals surface area contributed by atoms with Gasteiger partial charge < -0.3 is 9.73 Å².